The van der Waals surface area contributed by atoms with E-state index in [0.29, 0.717) is 0 Å². The highest BCUT2D eigenvalue weighted by atomic mass is 16.6. The van der Waals surface area contributed by atoms with Crippen molar-refractivity contribution in [2.24, 2.45) is 5.11 Å². The largest absolute Gasteiger partial charge is 0.388 e. The summed E-state index contributed by atoms with van der Waals surface area (Å²) in [4.78, 5) is 24.4. The predicted molar refractivity (Wildman–Crippen MR) is 68.1 cm³/mol. The Morgan fingerprint density at radius 1 is 1.48 bits per heavy atom. The Hall–Kier alpha value is -2.46. The monoisotopic (exact) mass is 293 g/mol. The van der Waals surface area contributed by atoms with Gasteiger partial charge in [0, 0.05) is 4.91 Å². The Kier molecular flexibility index (Phi) is 3.31. The predicted octanol–water partition coefficient (Wildman–Crippen LogP) is -0.951. The normalized spacial score (nSPS) is 28.7. The maximum Gasteiger partial charge on any atom is 0.278 e. The first-order valence-corrected chi connectivity index (χ1v) is 6.06. The molecule has 3 heterocycles. The molecule has 110 valence electrons. The quantitative estimate of drug-likeness (QED) is 0.375. The highest BCUT2D eigenvalue weighted by Gasteiger charge is 2.43. The van der Waals surface area contributed by atoms with Crippen LogP contribution in [0.15, 0.2) is 22.6 Å². The molecule has 11 heteroatoms. The Bertz CT molecular complexity index is 764. The molecule has 1 aliphatic heterocycles. The number of nitrogens with one attached hydrogen (secondary N) is 1. The van der Waals surface area contributed by atoms with Gasteiger partial charge in [0.25, 0.3) is 5.56 Å². The number of rotatable bonds is 3. The summed E-state index contributed by atoms with van der Waals surface area (Å²) in [7, 11) is 0. The smallest absolute Gasteiger partial charge is 0.278 e. The van der Waals surface area contributed by atoms with Crippen LogP contribution in [0.1, 0.15) is 6.23 Å². The van der Waals surface area contributed by atoms with Gasteiger partial charge in [-0.05, 0) is 5.53 Å². The van der Waals surface area contributed by atoms with Crippen LogP contribution >= 0.6 is 0 Å². The highest BCUT2D eigenvalue weighted by molar-refractivity contribution is 5.68. The molecule has 0 bridgehead atoms. The molecule has 4 atom stereocenters. The summed E-state index contributed by atoms with van der Waals surface area (Å²) in [6.45, 7) is -0.119. The summed E-state index contributed by atoms with van der Waals surface area (Å²) >= 11 is 0. The summed E-state index contributed by atoms with van der Waals surface area (Å²) in [5, 5.41) is 23.3. The second kappa shape index (κ2) is 5.14. The fourth-order valence-electron chi connectivity index (χ4n) is 2.28. The maximum absolute atomic E-state index is 11.6. The van der Waals surface area contributed by atoms with Gasteiger partial charge in [-0.2, -0.15) is 0 Å². The van der Waals surface area contributed by atoms with Crippen molar-refractivity contribution in [3.05, 3.63) is 33.5 Å². The molecule has 2 aromatic heterocycles. The summed E-state index contributed by atoms with van der Waals surface area (Å²) in [6.07, 6.45) is -1.80. The van der Waals surface area contributed by atoms with Gasteiger partial charge in [0.05, 0.1) is 25.3 Å². The van der Waals surface area contributed by atoms with E-state index in [1.54, 1.807) is 0 Å². The summed E-state index contributed by atoms with van der Waals surface area (Å²) < 4.78 is 6.84. The molecule has 1 fully saturated rings. The second-order valence-electron chi connectivity index (χ2n) is 4.52. The standard InChI is InChI=1S/C10H11N7O4/c11-16-15-1-4-6(18)7(19)10(21-4)17-3-14-5-8(17)12-2-13-9(5)20/h2-4,6-7,10,18-19H,1H2,(H,12,13,20)/t4-,6-,7-,10-/m1/s1. The molecule has 0 amide bonds. The third kappa shape index (κ3) is 2.14. The lowest BCUT2D eigenvalue weighted by molar-refractivity contribution is -0.0321. The van der Waals surface area contributed by atoms with Crippen molar-refractivity contribution in [2.75, 3.05) is 6.54 Å². The van der Waals surface area contributed by atoms with Gasteiger partial charge in [0.1, 0.15) is 12.2 Å². The fourth-order valence-corrected chi connectivity index (χ4v) is 2.28. The van der Waals surface area contributed by atoms with Crippen LogP contribution in [0.3, 0.4) is 0 Å². The number of hydrogen-bond acceptors (Lipinski definition) is 7. The van der Waals surface area contributed by atoms with Gasteiger partial charge >= 0.3 is 0 Å². The lowest BCUT2D eigenvalue weighted by atomic mass is 10.1. The highest BCUT2D eigenvalue weighted by Crippen LogP contribution is 2.30. The van der Waals surface area contributed by atoms with Crippen LogP contribution < -0.4 is 5.56 Å². The van der Waals surface area contributed by atoms with Gasteiger partial charge in [-0.25, -0.2) is 9.97 Å². The number of ether oxygens (including phenoxy) is 1. The van der Waals surface area contributed by atoms with Crippen LogP contribution in [-0.4, -0.2) is 54.6 Å². The summed E-state index contributed by atoms with van der Waals surface area (Å²) in [5.41, 5.74) is 8.20. The van der Waals surface area contributed by atoms with Crippen molar-refractivity contribution in [2.45, 2.75) is 24.5 Å². The first-order valence-electron chi connectivity index (χ1n) is 6.06. The van der Waals surface area contributed by atoms with Crippen molar-refractivity contribution in [3.63, 3.8) is 0 Å². The van der Waals surface area contributed by atoms with Crippen LogP contribution in [0.2, 0.25) is 0 Å². The van der Waals surface area contributed by atoms with Gasteiger partial charge in [-0.15, -0.1) is 0 Å². The van der Waals surface area contributed by atoms with E-state index in [4.69, 9.17) is 10.3 Å². The van der Waals surface area contributed by atoms with Crippen LogP contribution in [0.4, 0.5) is 0 Å². The first kappa shape index (κ1) is 13.5. The lowest BCUT2D eigenvalue weighted by Crippen LogP contribution is -2.32. The van der Waals surface area contributed by atoms with E-state index >= 15 is 0 Å². The second-order valence-corrected chi connectivity index (χ2v) is 4.52. The minimum Gasteiger partial charge on any atom is -0.388 e. The zero-order valence-electron chi connectivity index (χ0n) is 10.6. The van der Waals surface area contributed by atoms with Crippen molar-refractivity contribution in [3.8, 4) is 0 Å². The third-order valence-electron chi connectivity index (χ3n) is 3.30. The molecule has 0 saturated carbocycles. The van der Waals surface area contributed by atoms with Crippen LogP contribution in [0.5, 0.6) is 0 Å². The summed E-state index contributed by atoms with van der Waals surface area (Å²) in [6, 6.07) is 0. The zero-order valence-corrected chi connectivity index (χ0v) is 10.6. The average molecular weight is 293 g/mol. The molecule has 2 aromatic rings. The molecule has 1 aliphatic rings. The molecule has 0 aromatic carbocycles. The number of H-pyrrole nitrogens is 1. The number of aliphatic hydroxyl groups excluding tert-OH is 2. The van der Waals surface area contributed by atoms with Gasteiger partial charge in [-0.1, -0.05) is 5.11 Å². The Morgan fingerprint density at radius 3 is 3.05 bits per heavy atom. The van der Waals surface area contributed by atoms with Crippen molar-refractivity contribution >= 4 is 11.2 Å². The minimum atomic E-state index is -1.26. The molecule has 0 aliphatic carbocycles. The molecule has 11 nitrogen and oxygen atoms in total. The van der Waals surface area contributed by atoms with Gasteiger partial charge in [-0.3, -0.25) is 9.36 Å². The fraction of sp³-hybridized carbons (Fsp3) is 0.500. The maximum atomic E-state index is 11.6. The number of aromatic nitrogens is 4. The Morgan fingerprint density at radius 2 is 2.29 bits per heavy atom. The van der Waals surface area contributed by atoms with Crippen molar-refractivity contribution < 1.29 is 14.9 Å². The van der Waals surface area contributed by atoms with E-state index in [2.05, 4.69) is 25.0 Å². The van der Waals surface area contributed by atoms with E-state index in [9.17, 15) is 15.0 Å². The number of aromatic amines is 1. The van der Waals surface area contributed by atoms with Gasteiger partial charge in [0.2, 0.25) is 0 Å². The molecule has 3 N–H and O–H groups in total. The number of fused-ring (bicyclic) bond motifs is 1. The van der Waals surface area contributed by atoms with Crippen molar-refractivity contribution in [1.29, 1.82) is 0 Å². The Labute approximate surface area is 116 Å². The lowest BCUT2D eigenvalue weighted by Gasteiger charge is -2.16. The molecule has 0 radical (unpaired) electrons. The molecular weight excluding hydrogens is 282 g/mol. The molecule has 1 saturated heterocycles. The number of azide groups is 1. The molecule has 21 heavy (non-hydrogen) atoms. The Balaban J connectivity index is 1.97. The number of aliphatic hydroxyl groups is 2. The average Bonchev–Trinajstić information content (AvgIpc) is 3.02. The molecule has 0 unspecified atom stereocenters. The van der Waals surface area contributed by atoms with Crippen LogP contribution in [0, 0.1) is 0 Å². The number of hydrogen-bond donors (Lipinski definition) is 3. The van der Waals surface area contributed by atoms with Crippen LogP contribution in [0.25, 0.3) is 21.6 Å². The van der Waals surface area contributed by atoms with E-state index in [1.807, 2.05) is 0 Å². The van der Waals surface area contributed by atoms with Crippen LogP contribution in [-0.2, 0) is 4.74 Å². The van der Waals surface area contributed by atoms with E-state index in [0.717, 1.165) is 0 Å². The van der Waals surface area contributed by atoms with Gasteiger partial charge < -0.3 is 19.9 Å². The third-order valence-corrected chi connectivity index (χ3v) is 3.30. The minimum absolute atomic E-state index is 0.0984. The molecule has 3 rings (SSSR count). The van der Waals surface area contributed by atoms with E-state index in [1.165, 1.54) is 17.2 Å². The SMILES string of the molecule is [N-]=[N+]=NC[C@H]1O[C@@H](n2cnc3c(=O)[nH]cnc32)[C@H](O)[C@@H]1O. The van der Waals surface area contributed by atoms with E-state index < -0.39 is 30.1 Å². The number of imidazole rings is 1. The molecule has 0 spiro atoms. The van der Waals surface area contributed by atoms with Gasteiger partial charge in [0.15, 0.2) is 17.4 Å². The zero-order chi connectivity index (χ0) is 15.0. The first-order chi connectivity index (χ1) is 10.1. The number of nitrogens with zero attached hydrogens (tertiary/aromatic N) is 6. The van der Waals surface area contributed by atoms with Crippen molar-refractivity contribution in [1.82, 2.24) is 19.5 Å². The summed E-state index contributed by atoms with van der Waals surface area (Å²) in [5.74, 6) is 0. The topological polar surface area (TPSA) is 162 Å². The molecular formula is C10H11N7O4. The van der Waals surface area contributed by atoms with E-state index in [-0.39, 0.29) is 17.7 Å².